The second-order valence-electron chi connectivity index (χ2n) is 7.30. The molecule has 0 aliphatic carbocycles. The van der Waals surface area contributed by atoms with Crippen molar-refractivity contribution in [2.45, 2.75) is 26.8 Å². The van der Waals surface area contributed by atoms with Crippen molar-refractivity contribution in [2.24, 2.45) is 0 Å². The number of nitrogens with one attached hydrogen (secondary N) is 1. The highest BCUT2D eigenvalue weighted by atomic mass is 35.5. The van der Waals surface area contributed by atoms with Gasteiger partial charge >= 0.3 is 0 Å². The molecule has 3 rings (SSSR count). The Balaban J connectivity index is 1.72. The van der Waals surface area contributed by atoms with Crippen LogP contribution in [0.2, 0.25) is 5.02 Å². The number of nitrogens with zero attached hydrogens (tertiary/aromatic N) is 2. The van der Waals surface area contributed by atoms with E-state index in [2.05, 4.69) is 5.32 Å². The molecule has 1 amide bonds. The Kier molecular flexibility index (Phi) is 7.02. The van der Waals surface area contributed by atoms with Crippen LogP contribution in [0.1, 0.15) is 23.1 Å². The maximum atomic E-state index is 13.1. The molecular formula is C21H26ClN3O4S. The molecule has 1 aliphatic rings. The summed E-state index contributed by atoms with van der Waals surface area (Å²) in [7, 11) is -2.26. The monoisotopic (exact) mass is 451 g/mol. The van der Waals surface area contributed by atoms with Crippen molar-refractivity contribution in [2.75, 3.05) is 32.1 Å². The SMILES string of the molecule is COc1cc(Cl)c(C)cc1NC(=O)CN1CCCN(Cc2ccccc2C)S1(=O)=O. The molecular weight excluding hydrogens is 426 g/mol. The van der Waals surface area contributed by atoms with Crippen molar-refractivity contribution in [1.82, 2.24) is 8.61 Å². The number of methoxy groups -OCH3 is 1. The molecule has 1 fully saturated rings. The summed E-state index contributed by atoms with van der Waals surface area (Å²) >= 11 is 6.10. The predicted octanol–water partition coefficient (Wildman–Crippen LogP) is 3.36. The van der Waals surface area contributed by atoms with Crippen molar-refractivity contribution in [3.8, 4) is 5.75 Å². The quantitative estimate of drug-likeness (QED) is 0.730. The van der Waals surface area contributed by atoms with Gasteiger partial charge in [-0.1, -0.05) is 35.9 Å². The van der Waals surface area contributed by atoms with Crippen molar-refractivity contribution in [3.63, 3.8) is 0 Å². The van der Waals surface area contributed by atoms with Crippen molar-refractivity contribution in [1.29, 1.82) is 0 Å². The highest BCUT2D eigenvalue weighted by Crippen LogP contribution is 2.31. The Labute approximate surface area is 182 Å². The van der Waals surface area contributed by atoms with Gasteiger partial charge in [-0.05, 0) is 43.0 Å². The first-order valence-corrected chi connectivity index (χ1v) is 11.4. The Morgan fingerprint density at radius 2 is 1.83 bits per heavy atom. The molecule has 0 unspecified atom stereocenters. The molecule has 1 aliphatic heterocycles. The maximum Gasteiger partial charge on any atom is 0.282 e. The molecule has 1 heterocycles. The number of carbonyl (C=O) groups excluding carboxylic acids is 1. The van der Waals surface area contributed by atoms with Crippen LogP contribution in [0.5, 0.6) is 5.75 Å². The van der Waals surface area contributed by atoms with Crippen LogP contribution in [-0.2, 0) is 21.5 Å². The summed E-state index contributed by atoms with van der Waals surface area (Å²) in [6.45, 7) is 4.53. The lowest BCUT2D eigenvalue weighted by atomic mass is 10.1. The van der Waals surface area contributed by atoms with Gasteiger partial charge in [0.25, 0.3) is 10.2 Å². The third-order valence-corrected chi connectivity index (χ3v) is 7.49. The zero-order valence-corrected chi connectivity index (χ0v) is 18.9. The van der Waals surface area contributed by atoms with Gasteiger partial charge in [0.05, 0.1) is 19.3 Å². The normalized spacial score (nSPS) is 16.9. The third-order valence-electron chi connectivity index (χ3n) is 5.15. The van der Waals surface area contributed by atoms with Gasteiger partial charge < -0.3 is 10.1 Å². The number of ether oxygens (including phenoxy) is 1. The minimum atomic E-state index is -3.74. The summed E-state index contributed by atoms with van der Waals surface area (Å²) in [5, 5.41) is 3.26. The summed E-state index contributed by atoms with van der Waals surface area (Å²) in [6.07, 6.45) is 0.655. The highest BCUT2D eigenvalue weighted by Gasteiger charge is 2.35. The molecule has 2 aromatic carbocycles. The molecule has 0 aromatic heterocycles. The van der Waals surface area contributed by atoms with Gasteiger partial charge in [-0.15, -0.1) is 0 Å². The van der Waals surface area contributed by atoms with E-state index in [0.29, 0.717) is 36.0 Å². The molecule has 0 radical (unpaired) electrons. The van der Waals surface area contributed by atoms with Crippen LogP contribution < -0.4 is 10.1 Å². The van der Waals surface area contributed by atoms with E-state index in [0.717, 1.165) is 16.7 Å². The van der Waals surface area contributed by atoms with E-state index in [-0.39, 0.29) is 13.1 Å². The first kappa shape index (κ1) is 22.6. The molecule has 30 heavy (non-hydrogen) atoms. The van der Waals surface area contributed by atoms with Gasteiger partial charge in [-0.2, -0.15) is 17.0 Å². The summed E-state index contributed by atoms with van der Waals surface area (Å²) in [6, 6.07) is 11.0. The standard InChI is InChI=1S/C21H26ClN3O4S/c1-15-7-4-5-8-17(15)13-24-9-6-10-25(30(24,27)28)14-21(26)23-19-11-16(2)18(22)12-20(19)29-3/h4-5,7-8,11-12H,6,9-10,13-14H2,1-3H3,(H,23,26). The number of carbonyl (C=O) groups is 1. The highest BCUT2D eigenvalue weighted by molar-refractivity contribution is 7.86. The zero-order chi connectivity index (χ0) is 21.9. The van der Waals surface area contributed by atoms with E-state index < -0.39 is 16.1 Å². The van der Waals surface area contributed by atoms with Crippen LogP contribution in [0.3, 0.4) is 0 Å². The van der Waals surface area contributed by atoms with Crippen LogP contribution >= 0.6 is 11.6 Å². The van der Waals surface area contributed by atoms with E-state index >= 15 is 0 Å². The Hall–Kier alpha value is -2.13. The van der Waals surface area contributed by atoms with Crippen molar-refractivity contribution < 1.29 is 17.9 Å². The lowest BCUT2D eigenvalue weighted by molar-refractivity contribution is -0.116. The van der Waals surface area contributed by atoms with Crippen LogP contribution in [0.15, 0.2) is 36.4 Å². The van der Waals surface area contributed by atoms with Gasteiger partial charge in [-0.25, -0.2) is 0 Å². The van der Waals surface area contributed by atoms with E-state index in [1.807, 2.05) is 38.1 Å². The van der Waals surface area contributed by atoms with Crippen LogP contribution in [0.25, 0.3) is 0 Å². The maximum absolute atomic E-state index is 13.1. The fraction of sp³-hybridized carbons (Fsp3) is 0.381. The average Bonchev–Trinajstić information content (AvgIpc) is 2.69. The van der Waals surface area contributed by atoms with E-state index in [4.69, 9.17) is 16.3 Å². The number of halogens is 1. The first-order valence-electron chi connectivity index (χ1n) is 9.66. The number of aryl methyl sites for hydroxylation is 2. The second-order valence-corrected chi connectivity index (χ2v) is 9.64. The fourth-order valence-corrected chi connectivity index (χ4v) is 5.18. The molecule has 2 aromatic rings. The average molecular weight is 452 g/mol. The third kappa shape index (κ3) is 4.95. The number of benzene rings is 2. The predicted molar refractivity (Wildman–Crippen MR) is 118 cm³/mol. The van der Waals surface area contributed by atoms with E-state index in [1.54, 1.807) is 12.1 Å². The number of rotatable bonds is 6. The fourth-order valence-electron chi connectivity index (χ4n) is 3.40. The summed E-state index contributed by atoms with van der Waals surface area (Å²) in [5.41, 5.74) is 3.22. The second kappa shape index (κ2) is 9.34. The molecule has 0 bridgehead atoms. The van der Waals surface area contributed by atoms with Crippen molar-refractivity contribution >= 4 is 33.4 Å². The van der Waals surface area contributed by atoms with Crippen LogP contribution in [-0.4, -0.2) is 49.7 Å². The molecule has 7 nitrogen and oxygen atoms in total. The molecule has 9 heteroatoms. The van der Waals surface area contributed by atoms with E-state index in [9.17, 15) is 13.2 Å². The minimum Gasteiger partial charge on any atom is -0.495 e. The van der Waals surface area contributed by atoms with Crippen molar-refractivity contribution in [3.05, 3.63) is 58.1 Å². The lowest BCUT2D eigenvalue weighted by Gasteiger charge is -2.34. The van der Waals surface area contributed by atoms with Gasteiger partial charge in [0.1, 0.15) is 5.75 Å². The van der Waals surface area contributed by atoms with Gasteiger partial charge in [0.15, 0.2) is 0 Å². The molecule has 1 N–H and O–H groups in total. The Morgan fingerprint density at radius 3 is 2.53 bits per heavy atom. The number of anilines is 1. The van der Waals surface area contributed by atoms with E-state index in [1.165, 1.54) is 15.7 Å². The lowest BCUT2D eigenvalue weighted by Crippen LogP contribution is -2.51. The number of amides is 1. The van der Waals surface area contributed by atoms with Gasteiger partial charge in [-0.3, -0.25) is 4.79 Å². The largest absolute Gasteiger partial charge is 0.495 e. The zero-order valence-electron chi connectivity index (χ0n) is 17.3. The molecule has 162 valence electrons. The summed E-state index contributed by atoms with van der Waals surface area (Å²) in [5.74, 6) is -0.0158. The number of hydrogen-bond donors (Lipinski definition) is 1. The Morgan fingerprint density at radius 1 is 1.13 bits per heavy atom. The first-order chi connectivity index (χ1) is 14.2. The molecule has 1 saturated heterocycles. The van der Waals surface area contributed by atoms with Crippen LogP contribution in [0, 0.1) is 13.8 Å². The van der Waals surface area contributed by atoms with Gasteiger partial charge in [0, 0.05) is 30.7 Å². The van der Waals surface area contributed by atoms with Gasteiger partial charge in [0.2, 0.25) is 5.91 Å². The minimum absolute atomic E-state index is 0.266. The van der Waals surface area contributed by atoms with Crippen LogP contribution in [0.4, 0.5) is 5.69 Å². The topological polar surface area (TPSA) is 79.0 Å². The number of hydrogen-bond acceptors (Lipinski definition) is 4. The molecule has 0 saturated carbocycles. The summed E-state index contributed by atoms with van der Waals surface area (Å²) < 4.78 is 34.1. The Bertz CT molecular complexity index is 1040. The molecule has 0 atom stereocenters. The summed E-state index contributed by atoms with van der Waals surface area (Å²) in [4.78, 5) is 12.6. The molecule has 0 spiro atoms. The smallest absolute Gasteiger partial charge is 0.282 e.